The number of hydrogen-bond donors (Lipinski definition) is 2. The summed E-state index contributed by atoms with van der Waals surface area (Å²) in [6, 6.07) is 14.1. The Morgan fingerprint density at radius 2 is 1.93 bits per heavy atom. The summed E-state index contributed by atoms with van der Waals surface area (Å²) in [5.41, 5.74) is 1.83. The topological polar surface area (TPSA) is 135 Å². The van der Waals surface area contributed by atoms with E-state index in [0.29, 0.717) is 30.3 Å². The quantitative estimate of drug-likeness (QED) is 0.302. The Morgan fingerprint density at radius 3 is 2.68 bits per heavy atom. The lowest BCUT2D eigenvalue weighted by Gasteiger charge is -2.14. The van der Waals surface area contributed by atoms with E-state index in [1.807, 2.05) is 17.0 Å². The van der Waals surface area contributed by atoms with Crippen LogP contribution in [0.25, 0.3) is 0 Å². The number of hydrogen-bond acceptors (Lipinski definition) is 10. The molecule has 41 heavy (non-hydrogen) atoms. The third kappa shape index (κ3) is 7.72. The average Bonchev–Trinajstić information content (AvgIpc) is 3.63. The third-order valence-corrected chi connectivity index (χ3v) is 7.07. The highest BCUT2D eigenvalue weighted by molar-refractivity contribution is 7.17. The molecular weight excluding hydrogens is 561 g/mol. The van der Waals surface area contributed by atoms with Gasteiger partial charge < -0.3 is 20.3 Å². The maximum Gasteiger partial charge on any atom is 0.573 e. The van der Waals surface area contributed by atoms with Gasteiger partial charge in [-0.2, -0.15) is 5.10 Å². The molecule has 4 aromatic rings. The molecule has 1 atom stereocenters. The van der Waals surface area contributed by atoms with E-state index in [-0.39, 0.29) is 29.1 Å². The van der Waals surface area contributed by atoms with Gasteiger partial charge in [-0.15, -0.1) is 28.5 Å². The van der Waals surface area contributed by atoms with E-state index in [1.54, 1.807) is 24.4 Å². The first kappa shape index (κ1) is 27.9. The van der Waals surface area contributed by atoms with Crippen LogP contribution in [-0.2, 0) is 17.8 Å². The van der Waals surface area contributed by atoms with Gasteiger partial charge in [0.2, 0.25) is 16.0 Å². The van der Waals surface area contributed by atoms with Crippen molar-refractivity contribution in [3.63, 3.8) is 0 Å². The second kappa shape index (κ2) is 12.2. The number of ether oxygens (including phenoxy) is 1. The van der Waals surface area contributed by atoms with Crippen molar-refractivity contribution in [2.45, 2.75) is 31.7 Å². The molecule has 11 nitrogen and oxygen atoms in total. The number of halogens is 3. The lowest BCUT2D eigenvalue weighted by atomic mass is 10.1. The predicted octanol–water partition coefficient (Wildman–Crippen LogP) is 3.73. The molecule has 0 bridgehead atoms. The number of rotatable bonds is 9. The summed E-state index contributed by atoms with van der Waals surface area (Å²) in [5.74, 6) is -0.887. The SMILES string of the molecule is O=C(Cc1cccc(OC(F)(F)F)c1)Nc1ccc(C2CCN(c3nnc(C(=O)NCc4ccccn4)s3)C2)nn1. The van der Waals surface area contributed by atoms with E-state index in [4.69, 9.17) is 0 Å². The fourth-order valence-electron chi connectivity index (χ4n) is 4.21. The molecule has 1 saturated heterocycles. The maximum absolute atomic E-state index is 12.5. The highest BCUT2D eigenvalue weighted by Crippen LogP contribution is 2.31. The van der Waals surface area contributed by atoms with Crippen molar-refractivity contribution in [2.75, 3.05) is 23.3 Å². The number of aromatic nitrogens is 5. The minimum absolute atomic E-state index is 0.0638. The van der Waals surface area contributed by atoms with E-state index < -0.39 is 18.0 Å². The Bertz CT molecular complexity index is 1500. The first-order valence-corrected chi connectivity index (χ1v) is 13.3. The van der Waals surface area contributed by atoms with Gasteiger partial charge in [-0.05, 0) is 48.4 Å². The van der Waals surface area contributed by atoms with Crippen molar-refractivity contribution < 1.29 is 27.5 Å². The zero-order chi connectivity index (χ0) is 28.8. The molecule has 3 aromatic heterocycles. The number of carbonyl (C=O) groups is 2. The Hall–Kier alpha value is -4.66. The van der Waals surface area contributed by atoms with Crippen molar-refractivity contribution in [1.29, 1.82) is 0 Å². The Balaban J connectivity index is 1.11. The number of benzene rings is 1. The fourth-order valence-corrected chi connectivity index (χ4v) is 5.01. The molecule has 0 aliphatic carbocycles. The van der Waals surface area contributed by atoms with Gasteiger partial charge in [0, 0.05) is 25.2 Å². The molecule has 1 aliphatic rings. The normalized spacial score (nSPS) is 15.0. The summed E-state index contributed by atoms with van der Waals surface area (Å²) >= 11 is 1.21. The molecule has 0 saturated carbocycles. The molecule has 4 heterocycles. The summed E-state index contributed by atoms with van der Waals surface area (Å²) < 4.78 is 41.2. The summed E-state index contributed by atoms with van der Waals surface area (Å²) in [4.78, 5) is 31.1. The van der Waals surface area contributed by atoms with Crippen LogP contribution in [0.2, 0.25) is 0 Å². The highest BCUT2D eigenvalue weighted by Gasteiger charge is 2.31. The first-order chi connectivity index (χ1) is 19.7. The monoisotopic (exact) mass is 584 g/mol. The molecule has 5 rings (SSSR count). The molecule has 1 aromatic carbocycles. The van der Waals surface area contributed by atoms with Gasteiger partial charge in [0.05, 0.1) is 24.4 Å². The smallest absolute Gasteiger partial charge is 0.406 e. The van der Waals surface area contributed by atoms with E-state index in [1.165, 1.54) is 23.5 Å². The largest absolute Gasteiger partial charge is 0.573 e. The molecule has 0 spiro atoms. The molecule has 1 aliphatic heterocycles. The van der Waals surface area contributed by atoms with Crippen LogP contribution >= 0.6 is 11.3 Å². The molecule has 0 radical (unpaired) electrons. The van der Waals surface area contributed by atoms with Gasteiger partial charge in [0.15, 0.2) is 5.82 Å². The zero-order valence-electron chi connectivity index (χ0n) is 21.3. The van der Waals surface area contributed by atoms with Crippen LogP contribution < -0.4 is 20.3 Å². The van der Waals surface area contributed by atoms with E-state index >= 15 is 0 Å². The molecule has 1 unspecified atom stereocenters. The van der Waals surface area contributed by atoms with Gasteiger partial charge in [-0.3, -0.25) is 14.6 Å². The second-order valence-electron chi connectivity index (χ2n) is 9.09. The number of pyridine rings is 1. The van der Waals surface area contributed by atoms with Gasteiger partial charge in [-0.25, -0.2) is 0 Å². The lowest BCUT2D eigenvalue weighted by molar-refractivity contribution is -0.274. The van der Waals surface area contributed by atoms with E-state index in [0.717, 1.165) is 29.9 Å². The standard InChI is InChI=1S/C26H23F3N8O3S/c27-26(28,29)40-19-6-3-4-16(12-19)13-22(38)32-21-8-7-20(33-34-21)17-9-11-37(15-17)25-36-35-24(41-25)23(39)31-14-18-5-1-2-10-30-18/h1-8,10,12,17H,9,11,13-15H2,(H,31,39)(H,32,34,38). The molecule has 2 N–H and O–H groups in total. The van der Waals surface area contributed by atoms with Crippen LogP contribution in [0.15, 0.2) is 60.8 Å². The first-order valence-electron chi connectivity index (χ1n) is 12.5. The van der Waals surface area contributed by atoms with Gasteiger partial charge in [0.25, 0.3) is 5.91 Å². The lowest BCUT2D eigenvalue weighted by Crippen LogP contribution is -2.23. The molecule has 2 amide bonds. The summed E-state index contributed by atoms with van der Waals surface area (Å²) in [6.45, 7) is 1.60. The Labute approximate surface area is 235 Å². The number of anilines is 2. The van der Waals surface area contributed by atoms with Gasteiger partial charge in [-0.1, -0.05) is 29.5 Å². The molecular formula is C26H23F3N8O3S. The number of alkyl halides is 3. The van der Waals surface area contributed by atoms with Crippen molar-refractivity contribution in [1.82, 2.24) is 30.7 Å². The van der Waals surface area contributed by atoms with Crippen LogP contribution in [-0.4, -0.2) is 56.6 Å². The number of amides is 2. The fraction of sp³-hybridized carbons (Fsp3) is 0.269. The van der Waals surface area contributed by atoms with Crippen molar-refractivity contribution in [3.8, 4) is 5.75 Å². The predicted molar refractivity (Wildman–Crippen MR) is 142 cm³/mol. The Morgan fingerprint density at radius 1 is 1.05 bits per heavy atom. The van der Waals surface area contributed by atoms with Crippen molar-refractivity contribution >= 4 is 34.1 Å². The molecule has 1 fully saturated rings. The highest BCUT2D eigenvalue weighted by atomic mass is 32.1. The average molecular weight is 585 g/mol. The number of nitrogens with one attached hydrogen (secondary N) is 2. The summed E-state index contributed by atoms with van der Waals surface area (Å²) in [5, 5.41) is 22.8. The summed E-state index contributed by atoms with van der Waals surface area (Å²) in [7, 11) is 0. The van der Waals surface area contributed by atoms with Crippen LogP contribution in [0.1, 0.15) is 39.1 Å². The number of carbonyl (C=O) groups excluding carboxylic acids is 2. The van der Waals surface area contributed by atoms with Crippen LogP contribution in [0, 0.1) is 0 Å². The Kier molecular flexibility index (Phi) is 8.33. The zero-order valence-corrected chi connectivity index (χ0v) is 22.2. The van der Waals surface area contributed by atoms with Crippen LogP contribution in [0.5, 0.6) is 5.75 Å². The third-order valence-electron chi connectivity index (χ3n) is 6.09. The van der Waals surface area contributed by atoms with E-state index in [2.05, 4.69) is 40.7 Å². The minimum atomic E-state index is -4.81. The van der Waals surface area contributed by atoms with E-state index in [9.17, 15) is 22.8 Å². The molecule has 15 heteroatoms. The maximum atomic E-state index is 12.5. The van der Waals surface area contributed by atoms with Gasteiger partial charge in [0.1, 0.15) is 5.75 Å². The second-order valence-corrected chi connectivity index (χ2v) is 10.0. The van der Waals surface area contributed by atoms with Crippen molar-refractivity contribution in [3.05, 3.63) is 82.8 Å². The van der Waals surface area contributed by atoms with Crippen LogP contribution in [0.3, 0.4) is 0 Å². The minimum Gasteiger partial charge on any atom is -0.406 e. The van der Waals surface area contributed by atoms with Crippen LogP contribution in [0.4, 0.5) is 24.1 Å². The molecule has 212 valence electrons. The summed E-state index contributed by atoms with van der Waals surface area (Å²) in [6.07, 6.45) is -2.53. The van der Waals surface area contributed by atoms with Gasteiger partial charge >= 0.3 is 6.36 Å². The van der Waals surface area contributed by atoms with Crippen molar-refractivity contribution in [2.24, 2.45) is 0 Å². The number of nitrogens with zero attached hydrogens (tertiary/aromatic N) is 6.